The van der Waals surface area contributed by atoms with Crippen molar-refractivity contribution in [1.82, 2.24) is 15.1 Å². The molecule has 0 aromatic rings. The van der Waals surface area contributed by atoms with Crippen molar-refractivity contribution < 1.29 is 8.42 Å². The summed E-state index contributed by atoms with van der Waals surface area (Å²) in [5, 5.41) is 3.43. The average molecular weight is 345 g/mol. The molecule has 0 atom stereocenters. The topological polar surface area (TPSA) is 65.0 Å². The van der Waals surface area contributed by atoms with Gasteiger partial charge in [0, 0.05) is 26.7 Å². The number of guanidine groups is 1. The Morgan fingerprint density at radius 2 is 1.91 bits per heavy atom. The maximum Gasteiger partial charge on any atom is 0.193 e. The summed E-state index contributed by atoms with van der Waals surface area (Å²) >= 11 is 0. The van der Waals surface area contributed by atoms with Gasteiger partial charge in [0.15, 0.2) is 15.8 Å². The summed E-state index contributed by atoms with van der Waals surface area (Å²) in [5.74, 6) is 1.83. The van der Waals surface area contributed by atoms with Crippen LogP contribution in [0.25, 0.3) is 0 Å². The standard InChI is InChI=1S/C16H32N4O2S/c1-16(2)13-20(11-12-23(16,21)22)15(17-3)18-8-5-14-6-9-19(4)10-7-14/h14H,5-13H2,1-4H3,(H,17,18). The van der Waals surface area contributed by atoms with E-state index in [0.29, 0.717) is 13.1 Å². The second kappa shape index (κ2) is 7.38. The molecule has 2 saturated heterocycles. The van der Waals surface area contributed by atoms with Crippen LogP contribution in [0.1, 0.15) is 33.1 Å². The van der Waals surface area contributed by atoms with E-state index in [1.807, 2.05) is 0 Å². The van der Waals surface area contributed by atoms with Crippen LogP contribution in [-0.4, -0.2) is 81.5 Å². The fourth-order valence-corrected chi connectivity index (χ4v) is 4.76. The Balaban J connectivity index is 1.82. The van der Waals surface area contributed by atoms with Crippen LogP contribution in [0.15, 0.2) is 4.99 Å². The molecule has 1 N–H and O–H groups in total. The average Bonchev–Trinajstić information content (AvgIpc) is 2.49. The first-order valence-electron chi connectivity index (χ1n) is 8.61. The Hall–Kier alpha value is -0.820. The summed E-state index contributed by atoms with van der Waals surface area (Å²) < 4.78 is 23.5. The predicted octanol–water partition coefficient (Wildman–Crippen LogP) is 0.803. The van der Waals surface area contributed by atoms with Gasteiger partial charge >= 0.3 is 0 Å². The Kier molecular flexibility index (Phi) is 5.94. The number of piperidine rings is 1. The molecule has 0 spiro atoms. The van der Waals surface area contributed by atoms with E-state index in [1.54, 1.807) is 20.9 Å². The minimum absolute atomic E-state index is 0.204. The van der Waals surface area contributed by atoms with Gasteiger partial charge in [-0.05, 0) is 59.2 Å². The predicted molar refractivity (Wildman–Crippen MR) is 95.6 cm³/mol. The Morgan fingerprint density at radius 1 is 1.26 bits per heavy atom. The lowest BCUT2D eigenvalue weighted by Crippen LogP contribution is -2.57. The minimum Gasteiger partial charge on any atom is -0.356 e. The molecule has 23 heavy (non-hydrogen) atoms. The van der Waals surface area contributed by atoms with Gasteiger partial charge in [-0.25, -0.2) is 8.42 Å². The highest BCUT2D eigenvalue weighted by Gasteiger charge is 2.40. The fraction of sp³-hybridized carbons (Fsp3) is 0.938. The number of nitrogens with zero attached hydrogens (tertiary/aromatic N) is 3. The lowest BCUT2D eigenvalue weighted by molar-refractivity contribution is 0.212. The molecule has 134 valence electrons. The molecule has 2 heterocycles. The summed E-state index contributed by atoms with van der Waals surface area (Å²) in [4.78, 5) is 8.82. The van der Waals surface area contributed by atoms with Crippen LogP contribution < -0.4 is 5.32 Å². The molecular weight excluding hydrogens is 312 g/mol. The van der Waals surface area contributed by atoms with Crippen LogP contribution in [0.2, 0.25) is 0 Å². The van der Waals surface area contributed by atoms with Crippen molar-refractivity contribution in [2.45, 2.75) is 37.9 Å². The zero-order valence-electron chi connectivity index (χ0n) is 15.0. The quantitative estimate of drug-likeness (QED) is 0.606. The smallest absolute Gasteiger partial charge is 0.193 e. The van der Waals surface area contributed by atoms with Crippen LogP contribution in [-0.2, 0) is 9.84 Å². The number of aliphatic imine (C=N–C) groups is 1. The van der Waals surface area contributed by atoms with E-state index in [9.17, 15) is 8.42 Å². The SMILES string of the molecule is CN=C(NCCC1CCN(C)CC1)N1CCS(=O)(=O)C(C)(C)C1. The fourth-order valence-electron chi connectivity index (χ4n) is 3.40. The largest absolute Gasteiger partial charge is 0.356 e. The van der Waals surface area contributed by atoms with Gasteiger partial charge in [-0.2, -0.15) is 0 Å². The zero-order chi connectivity index (χ0) is 17.1. The highest BCUT2D eigenvalue weighted by molar-refractivity contribution is 7.92. The second-order valence-electron chi connectivity index (χ2n) is 7.51. The molecule has 0 aromatic heterocycles. The molecule has 6 nitrogen and oxygen atoms in total. The summed E-state index contributed by atoms with van der Waals surface area (Å²) in [6, 6.07) is 0. The molecule has 0 saturated carbocycles. The molecule has 2 aliphatic heterocycles. The second-order valence-corrected chi connectivity index (χ2v) is 10.3. The highest BCUT2D eigenvalue weighted by Crippen LogP contribution is 2.24. The van der Waals surface area contributed by atoms with Gasteiger partial charge in [0.25, 0.3) is 0 Å². The van der Waals surface area contributed by atoms with E-state index in [0.717, 1.165) is 24.8 Å². The maximum atomic E-state index is 12.1. The molecular formula is C16H32N4O2S. The van der Waals surface area contributed by atoms with Gasteiger partial charge in [0.05, 0.1) is 10.5 Å². The van der Waals surface area contributed by atoms with Crippen molar-refractivity contribution in [3.8, 4) is 0 Å². The molecule has 2 aliphatic rings. The van der Waals surface area contributed by atoms with E-state index in [-0.39, 0.29) is 5.75 Å². The van der Waals surface area contributed by atoms with E-state index in [4.69, 9.17) is 0 Å². The zero-order valence-corrected chi connectivity index (χ0v) is 15.8. The third kappa shape index (κ3) is 4.59. The van der Waals surface area contributed by atoms with Crippen molar-refractivity contribution in [1.29, 1.82) is 0 Å². The van der Waals surface area contributed by atoms with Gasteiger partial charge in [0.2, 0.25) is 0 Å². The highest BCUT2D eigenvalue weighted by atomic mass is 32.2. The normalized spacial score (nSPS) is 26.3. The Bertz CT molecular complexity index is 522. The molecule has 0 aromatic carbocycles. The van der Waals surface area contributed by atoms with Crippen molar-refractivity contribution in [3.63, 3.8) is 0 Å². The van der Waals surface area contributed by atoms with E-state index >= 15 is 0 Å². The molecule has 0 unspecified atom stereocenters. The van der Waals surface area contributed by atoms with Crippen molar-refractivity contribution >= 4 is 15.8 Å². The number of rotatable bonds is 3. The van der Waals surface area contributed by atoms with Gasteiger partial charge in [0.1, 0.15) is 0 Å². The number of hydrogen-bond donors (Lipinski definition) is 1. The van der Waals surface area contributed by atoms with E-state index in [2.05, 4.69) is 27.2 Å². The van der Waals surface area contributed by atoms with Crippen molar-refractivity contribution in [2.75, 3.05) is 52.6 Å². The molecule has 2 fully saturated rings. The number of likely N-dealkylation sites (tertiary alicyclic amines) is 1. The maximum absolute atomic E-state index is 12.1. The molecule has 7 heteroatoms. The van der Waals surface area contributed by atoms with E-state index < -0.39 is 14.6 Å². The van der Waals surface area contributed by atoms with Crippen LogP contribution >= 0.6 is 0 Å². The minimum atomic E-state index is -3.01. The molecule has 0 amide bonds. The first-order chi connectivity index (χ1) is 10.7. The summed E-state index contributed by atoms with van der Waals surface area (Å²) in [5.41, 5.74) is 0. The van der Waals surface area contributed by atoms with Gasteiger partial charge in [-0.15, -0.1) is 0 Å². The van der Waals surface area contributed by atoms with Crippen LogP contribution in [0.3, 0.4) is 0 Å². The molecule has 0 radical (unpaired) electrons. The van der Waals surface area contributed by atoms with Crippen LogP contribution in [0, 0.1) is 5.92 Å². The molecule has 0 bridgehead atoms. The third-order valence-corrected chi connectivity index (χ3v) is 7.76. The first-order valence-corrected chi connectivity index (χ1v) is 10.3. The van der Waals surface area contributed by atoms with Gasteiger partial charge < -0.3 is 15.1 Å². The number of sulfone groups is 1. The monoisotopic (exact) mass is 344 g/mol. The Labute approximate surface area is 141 Å². The lowest BCUT2D eigenvalue weighted by atomic mass is 9.94. The number of nitrogens with one attached hydrogen (secondary N) is 1. The third-order valence-electron chi connectivity index (χ3n) is 5.23. The van der Waals surface area contributed by atoms with E-state index in [1.165, 1.54) is 25.9 Å². The molecule has 0 aliphatic carbocycles. The van der Waals surface area contributed by atoms with Crippen molar-refractivity contribution in [2.24, 2.45) is 10.9 Å². The van der Waals surface area contributed by atoms with Gasteiger partial charge in [-0.1, -0.05) is 0 Å². The van der Waals surface area contributed by atoms with Crippen LogP contribution in [0.4, 0.5) is 0 Å². The lowest BCUT2D eigenvalue weighted by Gasteiger charge is -2.39. The summed E-state index contributed by atoms with van der Waals surface area (Å²) in [6.07, 6.45) is 3.69. The Morgan fingerprint density at radius 3 is 2.48 bits per heavy atom. The van der Waals surface area contributed by atoms with Crippen LogP contribution in [0.5, 0.6) is 0 Å². The summed E-state index contributed by atoms with van der Waals surface area (Å²) in [6.45, 7) is 7.93. The summed E-state index contributed by atoms with van der Waals surface area (Å²) in [7, 11) is 0.947. The first kappa shape index (κ1) is 18.5. The number of hydrogen-bond acceptors (Lipinski definition) is 4. The van der Waals surface area contributed by atoms with Crippen molar-refractivity contribution in [3.05, 3.63) is 0 Å². The van der Waals surface area contributed by atoms with Gasteiger partial charge in [-0.3, -0.25) is 4.99 Å². The molecule has 2 rings (SSSR count).